The number of allylic oxidation sites excluding steroid dienone is 2. The van der Waals surface area contributed by atoms with Gasteiger partial charge in [0.1, 0.15) is 12.1 Å². The van der Waals surface area contributed by atoms with Gasteiger partial charge < -0.3 is 0 Å². The van der Waals surface area contributed by atoms with Gasteiger partial charge in [-0.25, -0.2) is 4.99 Å². The Kier molecular flexibility index (Phi) is 5.13. The summed E-state index contributed by atoms with van der Waals surface area (Å²) < 4.78 is 39.8. The second-order valence-corrected chi connectivity index (χ2v) is 4.64. The maximum Gasteiger partial charge on any atom is 0.435 e. The van der Waals surface area contributed by atoms with Crippen molar-refractivity contribution in [3.8, 4) is 12.1 Å². The van der Waals surface area contributed by atoms with Gasteiger partial charge in [-0.2, -0.15) is 23.7 Å². The summed E-state index contributed by atoms with van der Waals surface area (Å²) in [4.78, 5) is 3.66. The summed E-state index contributed by atoms with van der Waals surface area (Å²) in [5, 5.41) is 17.6. The fraction of sp³-hybridized carbons (Fsp3) is 0.0556. The number of rotatable bonds is 3. The first-order valence-corrected chi connectivity index (χ1v) is 6.78. The van der Waals surface area contributed by atoms with E-state index in [0.29, 0.717) is 11.1 Å². The molecule has 3 nitrogen and oxygen atoms in total. The molecule has 0 aliphatic rings. The molecule has 0 aliphatic carbocycles. The highest BCUT2D eigenvalue weighted by Gasteiger charge is 2.37. The molecule has 0 saturated heterocycles. The fourth-order valence-electron chi connectivity index (χ4n) is 1.99. The van der Waals surface area contributed by atoms with Crippen LogP contribution < -0.4 is 0 Å². The van der Waals surface area contributed by atoms with E-state index >= 15 is 0 Å². The Morgan fingerprint density at radius 2 is 1.21 bits per heavy atom. The number of halogens is 3. The molecule has 0 N–H and O–H groups in total. The summed E-state index contributed by atoms with van der Waals surface area (Å²) in [7, 11) is 0. The number of alkyl halides is 3. The smallest absolute Gasteiger partial charge is 0.241 e. The Balaban J connectivity index is 2.76. The summed E-state index contributed by atoms with van der Waals surface area (Å²) in [6.07, 6.45) is -4.92. The van der Waals surface area contributed by atoms with Gasteiger partial charge in [-0.1, -0.05) is 60.7 Å². The minimum Gasteiger partial charge on any atom is -0.241 e. The lowest BCUT2D eigenvalue weighted by Gasteiger charge is -2.12. The van der Waals surface area contributed by atoms with E-state index in [9.17, 15) is 13.2 Å². The van der Waals surface area contributed by atoms with Crippen LogP contribution in [0.5, 0.6) is 0 Å². The molecule has 2 aromatic carbocycles. The number of benzene rings is 2. The van der Waals surface area contributed by atoms with E-state index in [1.54, 1.807) is 60.7 Å². The third-order valence-electron chi connectivity index (χ3n) is 3.05. The van der Waals surface area contributed by atoms with E-state index in [1.165, 1.54) is 12.1 Å². The predicted octanol–water partition coefficient (Wildman–Crippen LogP) is 4.39. The Hall–Kier alpha value is -3.38. The van der Waals surface area contributed by atoms with Crippen molar-refractivity contribution in [3.05, 3.63) is 83.1 Å². The second-order valence-electron chi connectivity index (χ2n) is 4.64. The van der Waals surface area contributed by atoms with E-state index in [4.69, 9.17) is 10.5 Å². The standard InChI is InChI=1S/C18H10F3N3/c19-18(20,21)17(15(11-22)12-23)24-16(13-7-3-1-4-8-13)14-9-5-2-6-10-14/h1-10H. The third kappa shape index (κ3) is 3.88. The van der Waals surface area contributed by atoms with Crippen molar-refractivity contribution < 1.29 is 13.2 Å². The highest BCUT2D eigenvalue weighted by Crippen LogP contribution is 2.30. The van der Waals surface area contributed by atoms with Crippen LogP contribution in [0.15, 0.2) is 76.9 Å². The maximum atomic E-state index is 13.3. The van der Waals surface area contributed by atoms with Gasteiger partial charge in [-0.15, -0.1) is 0 Å². The number of hydrogen-bond acceptors (Lipinski definition) is 3. The lowest BCUT2D eigenvalue weighted by Crippen LogP contribution is -2.15. The van der Waals surface area contributed by atoms with Crippen LogP contribution in [0.1, 0.15) is 11.1 Å². The molecule has 0 aliphatic heterocycles. The van der Waals surface area contributed by atoms with Gasteiger partial charge >= 0.3 is 6.18 Å². The molecule has 0 atom stereocenters. The summed E-state index contributed by atoms with van der Waals surface area (Å²) in [6.45, 7) is 0. The van der Waals surface area contributed by atoms with E-state index < -0.39 is 17.4 Å². The highest BCUT2D eigenvalue weighted by molar-refractivity contribution is 6.13. The number of hydrogen-bond donors (Lipinski definition) is 0. The molecule has 0 spiro atoms. The van der Waals surface area contributed by atoms with Crippen molar-refractivity contribution >= 4 is 5.71 Å². The van der Waals surface area contributed by atoms with Crippen LogP contribution in [0.4, 0.5) is 13.2 Å². The first-order valence-electron chi connectivity index (χ1n) is 6.78. The Morgan fingerprint density at radius 1 is 0.792 bits per heavy atom. The van der Waals surface area contributed by atoms with Crippen LogP contribution in [-0.4, -0.2) is 11.9 Å². The van der Waals surface area contributed by atoms with Gasteiger partial charge in [0.15, 0.2) is 11.3 Å². The van der Waals surface area contributed by atoms with E-state index in [-0.39, 0.29) is 5.71 Å². The van der Waals surface area contributed by atoms with Crippen LogP contribution in [0, 0.1) is 22.7 Å². The van der Waals surface area contributed by atoms with Crippen molar-refractivity contribution in [3.63, 3.8) is 0 Å². The number of nitriles is 2. The van der Waals surface area contributed by atoms with Crippen LogP contribution in [0.2, 0.25) is 0 Å². The molecule has 0 fully saturated rings. The van der Waals surface area contributed by atoms with Crippen molar-refractivity contribution in [2.45, 2.75) is 6.18 Å². The Bertz CT molecular complexity index is 795. The van der Waals surface area contributed by atoms with Crippen LogP contribution in [0.3, 0.4) is 0 Å². The molecule has 24 heavy (non-hydrogen) atoms. The van der Waals surface area contributed by atoms with Crippen LogP contribution in [0.25, 0.3) is 0 Å². The molecule has 0 unspecified atom stereocenters. The van der Waals surface area contributed by atoms with Gasteiger partial charge in [-0.3, -0.25) is 0 Å². The zero-order chi connectivity index (χ0) is 17.6. The van der Waals surface area contributed by atoms with E-state index in [0.717, 1.165) is 0 Å². The summed E-state index contributed by atoms with van der Waals surface area (Å²) in [6, 6.07) is 19.1. The molecule has 0 aromatic heterocycles. The van der Waals surface area contributed by atoms with Crippen molar-refractivity contribution in [1.29, 1.82) is 10.5 Å². The summed E-state index contributed by atoms with van der Waals surface area (Å²) >= 11 is 0. The predicted molar refractivity (Wildman–Crippen MR) is 82.8 cm³/mol. The average molecular weight is 325 g/mol. The quantitative estimate of drug-likeness (QED) is 0.621. The lowest BCUT2D eigenvalue weighted by molar-refractivity contribution is -0.0926. The van der Waals surface area contributed by atoms with Gasteiger partial charge in [0.2, 0.25) is 0 Å². The van der Waals surface area contributed by atoms with Crippen molar-refractivity contribution in [2.24, 2.45) is 4.99 Å². The largest absolute Gasteiger partial charge is 0.435 e. The van der Waals surface area contributed by atoms with E-state index in [1.807, 2.05) is 0 Å². The van der Waals surface area contributed by atoms with Gasteiger partial charge in [0.05, 0.1) is 5.71 Å². The highest BCUT2D eigenvalue weighted by atomic mass is 19.4. The maximum absolute atomic E-state index is 13.3. The first-order chi connectivity index (χ1) is 11.5. The Morgan fingerprint density at radius 3 is 1.54 bits per heavy atom. The fourth-order valence-corrected chi connectivity index (χ4v) is 1.99. The first kappa shape index (κ1) is 17.0. The number of aliphatic imine (C=N–C) groups is 1. The topological polar surface area (TPSA) is 59.9 Å². The molecule has 0 radical (unpaired) electrons. The summed E-state index contributed by atoms with van der Waals surface area (Å²) in [5.74, 6) is 0. The monoisotopic (exact) mass is 325 g/mol. The lowest BCUT2D eigenvalue weighted by atomic mass is 10.0. The molecule has 0 amide bonds. The molecular formula is C18H10F3N3. The van der Waals surface area contributed by atoms with Crippen LogP contribution >= 0.6 is 0 Å². The summed E-state index contributed by atoms with van der Waals surface area (Å²) in [5.41, 5.74) is -1.66. The molecule has 2 rings (SSSR count). The normalized spacial score (nSPS) is 10.2. The van der Waals surface area contributed by atoms with Crippen LogP contribution in [-0.2, 0) is 0 Å². The van der Waals surface area contributed by atoms with Crippen molar-refractivity contribution in [2.75, 3.05) is 0 Å². The molecule has 0 saturated carbocycles. The van der Waals surface area contributed by atoms with Crippen molar-refractivity contribution in [1.82, 2.24) is 0 Å². The number of nitrogens with zero attached hydrogens (tertiary/aromatic N) is 3. The van der Waals surface area contributed by atoms with Gasteiger partial charge in [-0.05, 0) is 0 Å². The SMILES string of the molecule is N#CC(C#N)=C(N=C(c1ccccc1)c1ccccc1)C(F)(F)F. The molecular weight excluding hydrogens is 315 g/mol. The molecule has 118 valence electrons. The minimum atomic E-state index is -4.92. The third-order valence-corrected chi connectivity index (χ3v) is 3.05. The van der Waals surface area contributed by atoms with Gasteiger partial charge in [0, 0.05) is 11.1 Å². The molecule has 0 bridgehead atoms. The minimum absolute atomic E-state index is 0.0338. The van der Waals surface area contributed by atoms with E-state index in [2.05, 4.69) is 4.99 Å². The molecule has 2 aromatic rings. The zero-order valence-corrected chi connectivity index (χ0v) is 12.2. The average Bonchev–Trinajstić information content (AvgIpc) is 2.59. The molecule has 0 heterocycles. The molecule has 6 heteroatoms. The zero-order valence-electron chi connectivity index (χ0n) is 12.2. The van der Waals surface area contributed by atoms with Gasteiger partial charge in [0.25, 0.3) is 0 Å². The Labute approximate surface area is 136 Å². The second kappa shape index (κ2) is 7.26.